The molecule has 112 valence electrons. The summed E-state index contributed by atoms with van der Waals surface area (Å²) in [4.78, 5) is 11.9. The molecule has 0 bridgehead atoms. The van der Waals surface area contributed by atoms with Crippen molar-refractivity contribution < 1.29 is 14.3 Å². The maximum Gasteiger partial charge on any atom is 0.187 e. The van der Waals surface area contributed by atoms with Crippen LogP contribution in [-0.2, 0) is 27.5 Å². The van der Waals surface area contributed by atoms with Crippen LogP contribution in [0.5, 0.6) is 0 Å². The van der Waals surface area contributed by atoms with Gasteiger partial charge in [-0.05, 0) is 23.3 Å². The summed E-state index contributed by atoms with van der Waals surface area (Å²) in [5.74, 6) is -0.0333. The first-order chi connectivity index (χ1) is 10.8. The largest absolute Gasteiger partial charge is 0.366 e. The molecular weight excluding hydrogens is 276 g/mol. The molecule has 3 heteroatoms. The van der Waals surface area contributed by atoms with E-state index in [4.69, 9.17) is 9.47 Å². The first-order valence-electron chi connectivity index (χ1n) is 7.36. The minimum absolute atomic E-state index is 0.0333. The first-order valence-corrected chi connectivity index (χ1v) is 7.36. The summed E-state index contributed by atoms with van der Waals surface area (Å²) in [5, 5.41) is 0. The van der Waals surface area contributed by atoms with Crippen LogP contribution in [0, 0.1) is 0 Å². The maximum atomic E-state index is 11.9. The fourth-order valence-electron chi connectivity index (χ4n) is 2.39. The quantitative estimate of drug-likeness (QED) is 0.820. The summed E-state index contributed by atoms with van der Waals surface area (Å²) in [5.41, 5.74) is 2.13. The predicted molar refractivity (Wildman–Crippen MR) is 84.2 cm³/mol. The average molecular weight is 294 g/mol. The summed E-state index contributed by atoms with van der Waals surface area (Å²) in [6.45, 7) is 0.873. The van der Waals surface area contributed by atoms with Crippen LogP contribution < -0.4 is 0 Å². The minimum Gasteiger partial charge on any atom is -0.366 e. The molecule has 0 saturated carbocycles. The van der Waals surface area contributed by atoms with E-state index < -0.39 is 6.10 Å². The third kappa shape index (κ3) is 3.70. The average Bonchev–Trinajstić information content (AvgIpc) is 2.93. The maximum absolute atomic E-state index is 11.9. The van der Waals surface area contributed by atoms with Gasteiger partial charge in [0.05, 0.1) is 13.2 Å². The summed E-state index contributed by atoms with van der Waals surface area (Å²) in [6.07, 6.45) is 2.45. The molecule has 2 aromatic carbocycles. The Balaban J connectivity index is 1.56. The predicted octanol–water partition coefficient (Wildman–Crippen LogP) is 3.30. The Morgan fingerprint density at radius 1 is 0.773 bits per heavy atom. The van der Waals surface area contributed by atoms with Crippen LogP contribution in [0.25, 0.3) is 0 Å². The highest BCUT2D eigenvalue weighted by Gasteiger charge is 2.31. The molecule has 0 amide bonds. The van der Waals surface area contributed by atoms with Crippen LogP contribution >= 0.6 is 0 Å². The van der Waals surface area contributed by atoms with Crippen LogP contribution in [0.3, 0.4) is 0 Å². The zero-order valence-corrected chi connectivity index (χ0v) is 12.2. The van der Waals surface area contributed by atoms with E-state index in [1.165, 1.54) is 0 Å². The zero-order valence-electron chi connectivity index (χ0n) is 12.2. The van der Waals surface area contributed by atoms with Crippen LogP contribution in [0.1, 0.15) is 11.1 Å². The van der Waals surface area contributed by atoms with Gasteiger partial charge in [-0.15, -0.1) is 0 Å². The molecule has 0 spiro atoms. The number of ether oxygens (including phenoxy) is 2. The Morgan fingerprint density at radius 2 is 1.32 bits per heavy atom. The zero-order chi connectivity index (χ0) is 15.2. The molecule has 0 aromatic heterocycles. The lowest BCUT2D eigenvalue weighted by atomic mass is 10.2. The molecule has 2 aromatic rings. The van der Waals surface area contributed by atoms with Crippen LogP contribution in [-0.4, -0.2) is 18.0 Å². The summed E-state index contributed by atoms with van der Waals surface area (Å²) >= 11 is 0. The number of hydrogen-bond donors (Lipinski definition) is 0. The van der Waals surface area contributed by atoms with E-state index in [0.29, 0.717) is 13.2 Å². The van der Waals surface area contributed by atoms with Crippen LogP contribution in [0.15, 0.2) is 72.8 Å². The number of benzene rings is 2. The molecular formula is C19H18O3. The van der Waals surface area contributed by atoms with Gasteiger partial charge in [0.15, 0.2) is 5.78 Å². The summed E-state index contributed by atoms with van der Waals surface area (Å²) in [7, 11) is 0. The van der Waals surface area contributed by atoms with Crippen LogP contribution in [0.4, 0.5) is 0 Å². The van der Waals surface area contributed by atoms with E-state index >= 15 is 0 Å². The third-order valence-electron chi connectivity index (χ3n) is 3.59. The molecule has 0 radical (unpaired) electrons. The lowest BCUT2D eigenvalue weighted by Crippen LogP contribution is -2.31. The Kier molecular flexibility index (Phi) is 4.78. The van der Waals surface area contributed by atoms with Gasteiger partial charge in [0, 0.05) is 0 Å². The van der Waals surface area contributed by atoms with E-state index in [1.807, 2.05) is 60.7 Å². The van der Waals surface area contributed by atoms with Gasteiger partial charge >= 0.3 is 0 Å². The van der Waals surface area contributed by atoms with Gasteiger partial charge in [0.25, 0.3) is 0 Å². The molecule has 1 aliphatic rings. The van der Waals surface area contributed by atoms with Crippen LogP contribution in [0.2, 0.25) is 0 Å². The summed E-state index contributed by atoms with van der Waals surface area (Å²) in [6, 6.07) is 19.7. The Bertz CT molecular complexity index is 634. The summed E-state index contributed by atoms with van der Waals surface area (Å²) < 4.78 is 11.6. The van der Waals surface area contributed by atoms with E-state index in [1.54, 1.807) is 12.2 Å². The molecule has 1 aliphatic carbocycles. The van der Waals surface area contributed by atoms with Crippen molar-refractivity contribution in [3.63, 3.8) is 0 Å². The van der Waals surface area contributed by atoms with Gasteiger partial charge in [-0.1, -0.05) is 60.7 Å². The molecule has 0 N–H and O–H groups in total. The minimum atomic E-state index is -0.552. The van der Waals surface area contributed by atoms with Crippen molar-refractivity contribution in [2.24, 2.45) is 0 Å². The molecule has 0 heterocycles. The van der Waals surface area contributed by atoms with Crippen molar-refractivity contribution in [3.05, 3.63) is 83.9 Å². The SMILES string of the molecule is O=C1C=C[C@@H](OCc2ccccc2)[C@H]1OCc1ccccc1. The van der Waals surface area contributed by atoms with Crippen molar-refractivity contribution in [1.82, 2.24) is 0 Å². The fraction of sp³-hybridized carbons (Fsp3) is 0.211. The monoisotopic (exact) mass is 294 g/mol. The normalized spacial score (nSPS) is 20.5. The van der Waals surface area contributed by atoms with Gasteiger partial charge in [-0.2, -0.15) is 0 Å². The molecule has 22 heavy (non-hydrogen) atoms. The second kappa shape index (κ2) is 7.16. The molecule has 2 atom stereocenters. The number of carbonyl (C=O) groups is 1. The Labute approximate surface area is 130 Å². The highest BCUT2D eigenvalue weighted by Crippen LogP contribution is 2.18. The third-order valence-corrected chi connectivity index (χ3v) is 3.59. The van der Waals surface area contributed by atoms with E-state index in [2.05, 4.69) is 0 Å². The molecule has 3 rings (SSSR count). The molecule has 0 saturated heterocycles. The number of ketones is 1. The van der Waals surface area contributed by atoms with Gasteiger partial charge in [-0.3, -0.25) is 4.79 Å². The fourth-order valence-corrected chi connectivity index (χ4v) is 2.39. The van der Waals surface area contributed by atoms with Gasteiger partial charge in [-0.25, -0.2) is 0 Å². The number of rotatable bonds is 6. The highest BCUT2D eigenvalue weighted by atomic mass is 16.5. The van der Waals surface area contributed by atoms with Crippen molar-refractivity contribution in [1.29, 1.82) is 0 Å². The first kappa shape index (κ1) is 14.7. The second-order valence-electron chi connectivity index (χ2n) is 5.24. The topological polar surface area (TPSA) is 35.5 Å². The van der Waals surface area contributed by atoms with Crippen molar-refractivity contribution in [2.45, 2.75) is 25.4 Å². The number of hydrogen-bond acceptors (Lipinski definition) is 3. The van der Waals surface area contributed by atoms with E-state index in [-0.39, 0.29) is 11.9 Å². The molecule has 0 aliphatic heterocycles. The molecule has 0 unspecified atom stereocenters. The smallest absolute Gasteiger partial charge is 0.187 e. The Morgan fingerprint density at radius 3 is 1.91 bits per heavy atom. The number of carbonyl (C=O) groups excluding carboxylic acids is 1. The standard InChI is InChI=1S/C19H18O3/c20-17-11-12-18(21-13-15-7-3-1-4-8-15)19(17)22-14-16-9-5-2-6-10-16/h1-12,18-19H,13-14H2/t18-,19+/m1/s1. The highest BCUT2D eigenvalue weighted by molar-refractivity contribution is 5.97. The molecule has 3 nitrogen and oxygen atoms in total. The lowest BCUT2D eigenvalue weighted by molar-refractivity contribution is -0.133. The van der Waals surface area contributed by atoms with Gasteiger partial charge in [0.2, 0.25) is 0 Å². The molecule has 0 fully saturated rings. The van der Waals surface area contributed by atoms with Gasteiger partial charge in [0.1, 0.15) is 12.2 Å². The second-order valence-corrected chi connectivity index (χ2v) is 5.24. The van der Waals surface area contributed by atoms with E-state index in [0.717, 1.165) is 11.1 Å². The van der Waals surface area contributed by atoms with Gasteiger partial charge < -0.3 is 9.47 Å². The van der Waals surface area contributed by atoms with E-state index in [9.17, 15) is 4.79 Å². The van der Waals surface area contributed by atoms with Crippen molar-refractivity contribution in [3.8, 4) is 0 Å². The lowest BCUT2D eigenvalue weighted by Gasteiger charge is -2.19. The van der Waals surface area contributed by atoms with Crippen molar-refractivity contribution >= 4 is 5.78 Å². The Hall–Kier alpha value is -2.23. The van der Waals surface area contributed by atoms with Crippen molar-refractivity contribution in [2.75, 3.05) is 0 Å².